The summed E-state index contributed by atoms with van der Waals surface area (Å²) in [6.45, 7) is 6.81. The molecule has 0 saturated heterocycles. The summed E-state index contributed by atoms with van der Waals surface area (Å²) in [5, 5.41) is 16.7. The van der Waals surface area contributed by atoms with Gasteiger partial charge in [0.1, 0.15) is 11.3 Å². The average Bonchev–Trinajstić information content (AvgIpc) is 2.35. The molecule has 1 amide bonds. The third-order valence-electron chi connectivity index (χ3n) is 2.50. The predicted octanol–water partition coefficient (Wildman–Crippen LogP) is 2.41. The molecular weight excluding hydrogens is 246 g/mol. The van der Waals surface area contributed by atoms with E-state index in [0.29, 0.717) is 24.7 Å². The van der Waals surface area contributed by atoms with Crippen LogP contribution in [0.25, 0.3) is 0 Å². The molecule has 0 aliphatic rings. The number of nitro groups is 1. The second-order valence-corrected chi connectivity index (χ2v) is 4.59. The lowest BCUT2D eigenvalue weighted by molar-refractivity contribution is -0.384. The first-order chi connectivity index (χ1) is 8.97. The van der Waals surface area contributed by atoms with Gasteiger partial charge >= 0.3 is 5.69 Å². The summed E-state index contributed by atoms with van der Waals surface area (Å²) in [6, 6.07) is 4.70. The van der Waals surface area contributed by atoms with Gasteiger partial charge in [0.05, 0.1) is 4.92 Å². The standard InChI is InChI=1S/C13H19N3O3/c1-4-14-11-7-5-6-10(12(11)16(18)19)13(17)15-8-9(2)3/h5-7,9,14H,4,8H2,1-3H3,(H,15,17). The van der Waals surface area contributed by atoms with Gasteiger partial charge in [-0.3, -0.25) is 14.9 Å². The quantitative estimate of drug-likeness (QED) is 0.611. The molecule has 0 atom stereocenters. The lowest BCUT2D eigenvalue weighted by Crippen LogP contribution is -2.28. The van der Waals surface area contributed by atoms with Gasteiger partial charge in [-0.25, -0.2) is 0 Å². The lowest BCUT2D eigenvalue weighted by atomic mass is 10.1. The lowest BCUT2D eigenvalue weighted by Gasteiger charge is -2.10. The molecule has 0 bridgehead atoms. The number of hydrogen-bond acceptors (Lipinski definition) is 4. The van der Waals surface area contributed by atoms with Gasteiger partial charge in [-0.1, -0.05) is 19.9 Å². The fourth-order valence-corrected chi connectivity index (χ4v) is 1.65. The molecule has 0 fully saturated rings. The van der Waals surface area contributed by atoms with Crippen LogP contribution in [0.4, 0.5) is 11.4 Å². The van der Waals surface area contributed by atoms with Gasteiger partial charge < -0.3 is 10.6 Å². The van der Waals surface area contributed by atoms with E-state index in [2.05, 4.69) is 10.6 Å². The highest BCUT2D eigenvalue weighted by Crippen LogP contribution is 2.28. The molecule has 0 saturated carbocycles. The topological polar surface area (TPSA) is 84.3 Å². The van der Waals surface area contributed by atoms with Crippen LogP contribution in [0, 0.1) is 16.0 Å². The number of hydrogen-bond donors (Lipinski definition) is 2. The van der Waals surface area contributed by atoms with Crippen molar-refractivity contribution in [2.45, 2.75) is 20.8 Å². The summed E-state index contributed by atoms with van der Waals surface area (Å²) < 4.78 is 0. The van der Waals surface area contributed by atoms with Crippen molar-refractivity contribution in [1.29, 1.82) is 0 Å². The molecule has 1 rings (SSSR count). The summed E-state index contributed by atoms with van der Waals surface area (Å²) in [6.07, 6.45) is 0. The van der Waals surface area contributed by atoms with Crippen LogP contribution >= 0.6 is 0 Å². The first kappa shape index (κ1) is 14.9. The van der Waals surface area contributed by atoms with Crippen molar-refractivity contribution in [3.8, 4) is 0 Å². The molecule has 0 heterocycles. The Kier molecular flexibility index (Phi) is 5.29. The van der Waals surface area contributed by atoms with Gasteiger partial charge in [-0.15, -0.1) is 0 Å². The Balaban J connectivity index is 3.08. The van der Waals surface area contributed by atoms with E-state index in [1.165, 1.54) is 6.07 Å². The number of para-hydroxylation sites is 1. The van der Waals surface area contributed by atoms with Crippen molar-refractivity contribution in [3.63, 3.8) is 0 Å². The third-order valence-corrected chi connectivity index (χ3v) is 2.50. The molecule has 0 unspecified atom stereocenters. The van der Waals surface area contributed by atoms with Crippen molar-refractivity contribution >= 4 is 17.3 Å². The first-order valence-electron chi connectivity index (χ1n) is 6.26. The van der Waals surface area contributed by atoms with Gasteiger partial charge in [0.15, 0.2) is 0 Å². The van der Waals surface area contributed by atoms with E-state index in [1.807, 2.05) is 20.8 Å². The Morgan fingerprint density at radius 3 is 2.63 bits per heavy atom. The van der Waals surface area contributed by atoms with Crippen LogP contribution in [0.2, 0.25) is 0 Å². The largest absolute Gasteiger partial charge is 0.380 e. The normalized spacial score (nSPS) is 10.3. The van der Waals surface area contributed by atoms with E-state index in [9.17, 15) is 14.9 Å². The van der Waals surface area contributed by atoms with Crippen LogP contribution < -0.4 is 10.6 Å². The summed E-state index contributed by atoms with van der Waals surface area (Å²) in [5.74, 6) is -0.125. The zero-order valence-corrected chi connectivity index (χ0v) is 11.4. The monoisotopic (exact) mass is 265 g/mol. The van der Waals surface area contributed by atoms with Crippen LogP contribution in [0.5, 0.6) is 0 Å². The Hall–Kier alpha value is -2.11. The molecule has 2 N–H and O–H groups in total. The van der Waals surface area contributed by atoms with Crippen molar-refractivity contribution in [3.05, 3.63) is 33.9 Å². The van der Waals surface area contributed by atoms with Gasteiger partial charge in [0.25, 0.3) is 5.91 Å². The molecule has 104 valence electrons. The molecule has 19 heavy (non-hydrogen) atoms. The zero-order valence-electron chi connectivity index (χ0n) is 11.4. The van der Waals surface area contributed by atoms with Crippen molar-refractivity contribution in [1.82, 2.24) is 5.32 Å². The molecule has 0 aliphatic carbocycles. The highest BCUT2D eigenvalue weighted by atomic mass is 16.6. The van der Waals surface area contributed by atoms with Crippen LogP contribution in [-0.2, 0) is 0 Å². The Morgan fingerprint density at radius 1 is 1.42 bits per heavy atom. The number of carbonyl (C=O) groups excluding carboxylic acids is 1. The molecule has 6 heteroatoms. The maximum Gasteiger partial charge on any atom is 0.305 e. The summed E-state index contributed by atoms with van der Waals surface area (Å²) >= 11 is 0. The average molecular weight is 265 g/mol. The van der Waals surface area contributed by atoms with Gasteiger partial charge in [-0.2, -0.15) is 0 Å². The van der Waals surface area contributed by atoms with Crippen molar-refractivity contribution in [2.75, 3.05) is 18.4 Å². The Morgan fingerprint density at radius 2 is 2.11 bits per heavy atom. The molecule has 0 aromatic heterocycles. The third kappa shape index (κ3) is 3.94. The van der Waals surface area contributed by atoms with E-state index >= 15 is 0 Å². The van der Waals surface area contributed by atoms with Gasteiger partial charge in [-0.05, 0) is 25.0 Å². The molecule has 0 radical (unpaired) electrons. The molecular formula is C13H19N3O3. The second-order valence-electron chi connectivity index (χ2n) is 4.59. The number of anilines is 1. The molecule has 1 aromatic carbocycles. The summed E-state index contributed by atoms with van der Waals surface area (Å²) in [5.41, 5.74) is 0.277. The highest BCUT2D eigenvalue weighted by Gasteiger charge is 2.24. The van der Waals surface area contributed by atoms with Crippen LogP contribution in [0.15, 0.2) is 18.2 Å². The van der Waals surface area contributed by atoms with Gasteiger partial charge in [0, 0.05) is 13.1 Å². The van der Waals surface area contributed by atoms with E-state index in [4.69, 9.17) is 0 Å². The Bertz CT molecular complexity index is 472. The minimum atomic E-state index is -0.526. The van der Waals surface area contributed by atoms with Crippen LogP contribution in [0.1, 0.15) is 31.1 Å². The minimum Gasteiger partial charge on any atom is -0.380 e. The highest BCUT2D eigenvalue weighted by molar-refractivity contribution is 6.00. The van der Waals surface area contributed by atoms with Crippen LogP contribution in [-0.4, -0.2) is 23.9 Å². The maximum atomic E-state index is 12.0. The first-order valence-corrected chi connectivity index (χ1v) is 6.26. The maximum absolute atomic E-state index is 12.0. The number of nitro benzene ring substituents is 1. The fourth-order valence-electron chi connectivity index (χ4n) is 1.65. The Labute approximate surface area is 112 Å². The second kappa shape index (κ2) is 6.72. The van der Waals surface area contributed by atoms with Crippen molar-refractivity contribution in [2.24, 2.45) is 5.92 Å². The number of amides is 1. The molecule has 6 nitrogen and oxygen atoms in total. The fraction of sp³-hybridized carbons (Fsp3) is 0.462. The number of rotatable bonds is 6. The van der Waals surface area contributed by atoms with E-state index in [1.54, 1.807) is 12.1 Å². The summed E-state index contributed by atoms with van der Waals surface area (Å²) in [4.78, 5) is 22.6. The SMILES string of the molecule is CCNc1cccc(C(=O)NCC(C)C)c1[N+](=O)[O-]. The zero-order chi connectivity index (χ0) is 14.4. The van der Waals surface area contributed by atoms with Crippen LogP contribution in [0.3, 0.4) is 0 Å². The van der Waals surface area contributed by atoms with E-state index < -0.39 is 10.8 Å². The molecule has 0 spiro atoms. The number of carbonyl (C=O) groups is 1. The minimum absolute atomic E-state index is 0.0871. The van der Waals surface area contributed by atoms with Gasteiger partial charge in [0.2, 0.25) is 0 Å². The van der Waals surface area contributed by atoms with E-state index in [0.717, 1.165) is 0 Å². The predicted molar refractivity (Wildman–Crippen MR) is 74.4 cm³/mol. The van der Waals surface area contributed by atoms with E-state index in [-0.39, 0.29) is 11.3 Å². The number of nitrogens with zero attached hydrogens (tertiary/aromatic N) is 1. The summed E-state index contributed by atoms with van der Waals surface area (Å²) in [7, 11) is 0. The number of nitrogens with one attached hydrogen (secondary N) is 2. The molecule has 1 aromatic rings. The smallest absolute Gasteiger partial charge is 0.305 e. The molecule has 0 aliphatic heterocycles. The number of benzene rings is 1. The van der Waals surface area contributed by atoms with Crippen molar-refractivity contribution < 1.29 is 9.72 Å².